The molecule has 1 amide bonds. The number of pyridine rings is 1. The Bertz CT molecular complexity index is 1250. The van der Waals surface area contributed by atoms with Crippen LogP contribution in [0.25, 0.3) is 10.2 Å². The van der Waals surface area contributed by atoms with E-state index < -0.39 is 0 Å². The third-order valence-electron chi connectivity index (χ3n) is 7.64. The number of hydrogen-bond acceptors (Lipinski definition) is 8. The number of aromatic nitrogens is 1. The average Bonchev–Trinajstić information content (AvgIpc) is 3.56. The fraction of sp³-hybridized carbons (Fsp3) is 0.538. The molecule has 3 N–H and O–H groups in total. The van der Waals surface area contributed by atoms with Gasteiger partial charge in [0.1, 0.15) is 16.4 Å². The van der Waals surface area contributed by atoms with Crippen molar-refractivity contribution >= 4 is 61.2 Å². The van der Waals surface area contributed by atoms with Crippen LogP contribution in [0, 0.1) is 0 Å². The molecule has 2 fully saturated rings. The van der Waals surface area contributed by atoms with Crippen molar-refractivity contribution < 1.29 is 14.3 Å². The predicted molar refractivity (Wildman–Crippen MR) is 146 cm³/mol. The summed E-state index contributed by atoms with van der Waals surface area (Å²) in [6.45, 7) is 3.75. The highest BCUT2D eigenvalue weighted by molar-refractivity contribution is 7.20. The maximum atomic E-state index is 11.8. The molecule has 7 nitrogen and oxygen atoms in total. The van der Waals surface area contributed by atoms with E-state index in [4.69, 9.17) is 31.8 Å². The number of amides is 1. The van der Waals surface area contributed by atoms with Crippen molar-refractivity contribution in [2.75, 3.05) is 31.6 Å². The van der Waals surface area contributed by atoms with Crippen molar-refractivity contribution in [2.24, 2.45) is 5.73 Å². The number of rotatable bonds is 7. The number of carbonyl (C=O) groups is 1. The van der Waals surface area contributed by atoms with Crippen LogP contribution in [0.5, 0.6) is 5.75 Å². The summed E-state index contributed by atoms with van der Waals surface area (Å²) in [5.74, 6) is 1.51. The molecule has 0 unspecified atom stereocenters. The first kappa shape index (κ1) is 24.4. The van der Waals surface area contributed by atoms with Crippen LogP contribution in [0.2, 0.25) is 4.34 Å². The van der Waals surface area contributed by atoms with E-state index in [1.54, 1.807) is 11.3 Å². The largest absolute Gasteiger partial charge is 0.490 e. The summed E-state index contributed by atoms with van der Waals surface area (Å²) in [6.07, 6.45) is 6.81. The van der Waals surface area contributed by atoms with Gasteiger partial charge in [0.25, 0.3) is 0 Å². The molecule has 2 aliphatic carbocycles. The molecule has 6 rings (SSSR count). The lowest BCUT2D eigenvalue weighted by atomic mass is 9.91. The van der Waals surface area contributed by atoms with Crippen molar-refractivity contribution in [1.82, 2.24) is 9.88 Å². The van der Waals surface area contributed by atoms with E-state index in [0.29, 0.717) is 12.5 Å². The molecule has 3 aromatic rings. The molecule has 3 aliphatic rings. The number of nitrogens with two attached hydrogens (primary N) is 1. The Labute approximate surface area is 223 Å². The van der Waals surface area contributed by atoms with Gasteiger partial charge >= 0.3 is 0 Å². The number of anilines is 2. The first-order chi connectivity index (χ1) is 17.5. The number of hydrogen-bond donors (Lipinski definition) is 2. The number of thiophene rings is 2. The molecular weight excluding hydrogens is 516 g/mol. The molecule has 1 saturated heterocycles. The molecule has 1 saturated carbocycles. The summed E-state index contributed by atoms with van der Waals surface area (Å²) in [5.41, 5.74) is 6.83. The summed E-state index contributed by atoms with van der Waals surface area (Å²) in [4.78, 5) is 21.6. The summed E-state index contributed by atoms with van der Waals surface area (Å²) in [5, 5.41) is 5.43. The summed E-state index contributed by atoms with van der Waals surface area (Å²) in [6, 6.07) is 6.49. The number of aryl methyl sites for hydroxylation is 1. The lowest BCUT2D eigenvalue weighted by molar-refractivity contribution is -0.118. The molecule has 1 aliphatic heterocycles. The van der Waals surface area contributed by atoms with E-state index in [2.05, 4.69) is 10.2 Å². The van der Waals surface area contributed by atoms with Crippen LogP contribution in [0.3, 0.4) is 0 Å². The van der Waals surface area contributed by atoms with Crippen LogP contribution in [0.1, 0.15) is 54.9 Å². The van der Waals surface area contributed by atoms with E-state index in [1.165, 1.54) is 21.8 Å². The molecule has 36 heavy (non-hydrogen) atoms. The van der Waals surface area contributed by atoms with Gasteiger partial charge in [-0.25, -0.2) is 4.98 Å². The van der Waals surface area contributed by atoms with E-state index >= 15 is 0 Å². The van der Waals surface area contributed by atoms with E-state index in [1.807, 2.05) is 18.2 Å². The zero-order valence-electron chi connectivity index (χ0n) is 20.1. The van der Waals surface area contributed by atoms with Gasteiger partial charge in [0.05, 0.1) is 34.0 Å². The molecule has 0 bridgehead atoms. The Morgan fingerprint density at radius 2 is 2.00 bits per heavy atom. The minimum Gasteiger partial charge on any atom is -0.490 e. The molecule has 10 heteroatoms. The van der Waals surface area contributed by atoms with Gasteiger partial charge in [0, 0.05) is 36.5 Å². The van der Waals surface area contributed by atoms with Gasteiger partial charge in [-0.05, 0) is 62.1 Å². The van der Waals surface area contributed by atoms with E-state index in [0.717, 1.165) is 95.9 Å². The number of halogens is 1. The molecule has 3 aromatic heterocycles. The normalized spacial score (nSPS) is 24.6. The van der Waals surface area contributed by atoms with Crippen molar-refractivity contribution in [1.29, 1.82) is 0 Å². The number of ether oxygens (including phenoxy) is 2. The minimum absolute atomic E-state index is 0.141. The molecule has 192 valence electrons. The van der Waals surface area contributed by atoms with Crippen molar-refractivity contribution in [3.8, 4) is 5.75 Å². The first-order valence-electron chi connectivity index (χ1n) is 12.8. The molecule has 4 heterocycles. The smallest absolute Gasteiger partial charge is 0.218 e. The van der Waals surface area contributed by atoms with Crippen molar-refractivity contribution in [3.63, 3.8) is 0 Å². The zero-order chi connectivity index (χ0) is 24.6. The maximum absolute atomic E-state index is 11.8. The SMILES string of the molecule is NC(=O)C[C@H]1CCc2sc3nc(Nc4ccc(Cl)s4)cc(OC4CCC(N5CCOCC5)CC4)c3c21. The molecule has 1 atom stereocenters. The number of nitrogens with one attached hydrogen (secondary N) is 1. The van der Waals surface area contributed by atoms with E-state index in [9.17, 15) is 4.79 Å². The van der Waals surface area contributed by atoms with Crippen LogP contribution in [0.15, 0.2) is 18.2 Å². The topological polar surface area (TPSA) is 89.7 Å². The molecular formula is C26H31ClN4O3S2. The molecule has 0 aromatic carbocycles. The second-order valence-electron chi connectivity index (χ2n) is 9.96. The number of fused-ring (bicyclic) bond motifs is 3. The highest BCUT2D eigenvalue weighted by atomic mass is 35.5. The molecule has 0 spiro atoms. The number of carbonyl (C=O) groups excluding carboxylic acids is 1. The van der Waals surface area contributed by atoms with Gasteiger partial charge < -0.3 is 20.5 Å². The number of nitrogens with zero attached hydrogens (tertiary/aromatic N) is 2. The Hall–Kier alpha value is -1.91. The Morgan fingerprint density at radius 1 is 1.19 bits per heavy atom. The number of morpholine rings is 1. The van der Waals surface area contributed by atoms with Gasteiger partial charge in [-0.15, -0.1) is 22.7 Å². The Balaban J connectivity index is 1.28. The second-order valence-corrected chi connectivity index (χ2v) is 12.8. The van der Waals surface area contributed by atoms with Gasteiger partial charge in [0.2, 0.25) is 5.91 Å². The second kappa shape index (κ2) is 10.5. The fourth-order valence-corrected chi connectivity index (χ4v) is 8.20. The monoisotopic (exact) mass is 546 g/mol. The molecule has 0 radical (unpaired) electrons. The highest BCUT2D eigenvalue weighted by Gasteiger charge is 2.33. The first-order valence-corrected chi connectivity index (χ1v) is 14.8. The summed E-state index contributed by atoms with van der Waals surface area (Å²) >= 11 is 9.35. The van der Waals surface area contributed by atoms with Gasteiger partial charge in [-0.2, -0.15) is 0 Å². The van der Waals surface area contributed by atoms with Gasteiger partial charge in [-0.3, -0.25) is 9.69 Å². The van der Waals surface area contributed by atoms with Gasteiger partial charge in [-0.1, -0.05) is 11.6 Å². The standard InChI is InChI=1S/C26H31ClN4O3S2/c27-20-7-8-23(36-20)29-22-14-18(34-17-4-2-16(3-5-17)31-9-11-33-12-10-31)25-24-15(13-21(28)32)1-6-19(24)35-26(25)30-22/h7-8,14-17H,1-6,9-13H2,(H2,28,32)(H,29,30)/t15-,16?,17?/m1/s1. The van der Waals surface area contributed by atoms with Crippen LogP contribution in [0.4, 0.5) is 10.8 Å². The maximum Gasteiger partial charge on any atom is 0.218 e. The Kier molecular flexibility index (Phi) is 7.09. The third kappa shape index (κ3) is 5.09. The van der Waals surface area contributed by atoms with Crippen molar-refractivity contribution in [2.45, 2.75) is 63.0 Å². The predicted octanol–water partition coefficient (Wildman–Crippen LogP) is 5.68. The third-order valence-corrected chi connectivity index (χ3v) is 9.95. The van der Waals surface area contributed by atoms with Crippen LogP contribution in [-0.4, -0.2) is 54.2 Å². The lowest BCUT2D eigenvalue weighted by Crippen LogP contribution is -2.46. The minimum atomic E-state index is -0.253. The van der Waals surface area contributed by atoms with Crippen molar-refractivity contribution in [3.05, 3.63) is 33.0 Å². The summed E-state index contributed by atoms with van der Waals surface area (Å²) in [7, 11) is 0. The zero-order valence-corrected chi connectivity index (χ0v) is 22.5. The fourth-order valence-electron chi connectivity index (χ4n) is 5.96. The van der Waals surface area contributed by atoms with Crippen LogP contribution in [-0.2, 0) is 16.0 Å². The van der Waals surface area contributed by atoms with Crippen LogP contribution >= 0.6 is 34.3 Å². The Morgan fingerprint density at radius 3 is 2.72 bits per heavy atom. The van der Waals surface area contributed by atoms with E-state index in [-0.39, 0.29) is 17.9 Å². The lowest BCUT2D eigenvalue weighted by Gasteiger charge is -2.38. The van der Waals surface area contributed by atoms with Gasteiger partial charge in [0.15, 0.2) is 0 Å². The van der Waals surface area contributed by atoms with Crippen LogP contribution < -0.4 is 15.8 Å². The quantitative estimate of drug-likeness (QED) is 0.396. The number of primary amides is 1. The average molecular weight is 547 g/mol. The summed E-state index contributed by atoms with van der Waals surface area (Å²) < 4.78 is 13.0. The highest BCUT2D eigenvalue weighted by Crippen LogP contribution is 2.49.